The van der Waals surface area contributed by atoms with Crippen LogP contribution in [-0.4, -0.2) is 76.9 Å². The molecule has 0 saturated carbocycles. The first kappa shape index (κ1) is 36.5. The van der Waals surface area contributed by atoms with Gasteiger partial charge in [0.2, 0.25) is 27.8 Å². The summed E-state index contributed by atoms with van der Waals surface area (Å²) >= 11 is 0. The fourth-order valence-corrected chi connectivity index (χ4v) is 6.61. The number of hydrogen-bond acceptors (Lipinski definition) is 9. The second-order valence-electron chi connectivity index (χ2n) is 13.3. The standard InChI is InChI=1S/C34H38F4N6O5S/c1-20-8-9-23-24(10-11-26(36)28(23)43-50(46,47)16-13-34(5,37)38)29(20)48-30-25(7-6-14-39-30)27-12-15-40-31(42-27)41-22-17-21(35)18-44(19-22)32(45)49-33(2,3)4/h6-12,14-15,21-22,43H,13,16-19H2,1-5H3,(H,40,41,42)/t21-,22-/m1/s1. The smallest absolute Gasteiger partial charge is 0.410 e. The van der Waals surface area contributed by atoms with Gasteiger partial charge in [-0.3, -0.25) is 4.72 Å². The Morgan fingerprint density at radius 3 is 2.48 bits per heavy atom. The Hall–Kier alpha value is -4.73. The molecule has 11 nitrogen and oxygen atoms in total. The van der Waals surface area contributed by atoms with Crippen molar-refractivity contribution < 1.29 is 40.2 Å². The van der Waals surface area contributed by atoms with E-state index in [0.29, 0.717) is 29.1 Å². The number of carbonyl (C=O) groups is 1. The molecule has 1 fully saturated rings. The number of pyridine rings is 1. The van der Waals surface area contributed by atoms with E-state index in [1.165, 1.54) is 29.4 Å². The number of nitrogens with one attached hydrogen (secondary N) is 2. The van der Waals surface area contributed by atoms with Crippen LogP contribution >= 0.6 is 0 Å². The van der Waals surface area contributed by atoms with Gasteiger partial charge in [-0.05, 0) is 70.5 Å². The monoisotopic (exact) mass is 718 g/mol. The number of piperidine rings is 1. The van der Waals surface area contributed by atoms with Crippen LogP contribution in [0.1, 0.15) is 46.1 Å². The van der Waals surface area contributed by atoms with Crippen LogP contribution in [0.25, 0.3) is 22.0 Å². The average Bonchev–Trinajstić information content (AvgIpc) is 3.02. The Kier molecular flexibility index (Phi) is 10.4. The van der Waals surface area contributed by atoms with Crippen molar-refractivity contribution in [1.82, 2.24) is 19.9 Å². The van der Waals surface area contributed by atoms with Gasteiger partial charge in [-0.2, -0.15) is 0 Å². The lowest BCUT2D eigenvalue weighted by Crippen LogP contribution is -2.51. The van der Waals surface area contributed by atoms with Gasteiger partial charge in [0.15, 0.2) is 0 Å². The molecule has 50 heavy (non-hydrogen) atoms. The number of amides is 1. The van der Waals surface area contributed by atoms with Crippen molar-refractivity contribution >= 4 is 38.5 Å². The van der Waals surface area contributed by atoms with Gasteiger partial charge >= 0.3 is 6.09 Å². The fourth-order valence-electron chi connectivity index (χ4n) is 5.36. The number of anilines is 2. The summed E-state index contributed by atoms with van der Waals surface area (Å²) in [4.78, 5) is 27.2. The molecule has 0 unspecified atom stereocenters. The second-order valence-corrected chi connectivity index (χ2v) is 15.1. The van der Waals surface area contributed by atoms with Crippen molar-refractivity contribution in [3.05, 3.63) is 66.2 Å². The zero-order valence-corrected chi connectivity index (χ0v) is 29.0. The minimum Gasteiger partial charge on any atom is -0.444 e. The van der Waals surface area contributed by atoms with Crippen LogP contribution in [0.3, 0.4) is 0 Å². The van der Waals surface area contributed by atoms with Crippen LogP contribution < -0.4 is 14.8 Å². The number of fused-ring (bicyclic) bond motifs is 1. The Bertz CT molecular complexity index is 1990. The van der Waals surface area contributed by atoms with Crippen LogP contribution in [-0.2, 0) is 14.8 Å². The van der Waals surface area contributed by atoms with E-state index in [0.717, 1.165) is 6.07 Å². The van der Waals surface area contributed by atoms with E-state index in [2.05, 4.69) is 25.0 Å². The van der Waals surface area contributed by atoms with E-state index in [9.17, 15) is 26.4 Å². The molecule has 2 aromatic carbocycles. The first-order chi connectivity index (χ1) is 23.4. The number of rotatable bonds is 10. The number of ether oxygens (including phenoxy) is 2. The van der Waals surface area contributed by atoms with Crippen molar-refractivity contribution in [2.24, 2.45) is 0 Å². The molecule has 1 aliphatic rings. The van der Waals surface area contributed by atoms with E-state index >= 15 is 4.39 Å². The molecular weight excluding hydrogens is 680 g/mol. The third kappa shape index (κ3) is 9.28. The van der Waals surface area contributed by atoms with Crippen molar-refractivity contribution in [1.29, 1.82) is 0 Å². The molecule has 5 rings (SSSR count). The summed E-state index contributed by atoms with van der Waals surface area (Å²) in [5.41, 5.74) is 0.315. The van der Waals surface area contributed by atoms with Crippen LogP contribution in [0, 0.1) is 12.7 Å². The quantitative estimate of drug-likeness (QED) is 0.160. The van der Waals surface area contributed by atoms with Gasteiger partial charge in [-0.15, -0.1) is 0 Å². The maximum Gasteiger partial charge on any atom is 0.410 e. The molecule has 0 bridgehead atoms. The van der Waals surface area contributed by atoms with Gasteiger partial charge in [0, 0.05) is 48.6 Å². The number of carbonyl (C=O) groups excluding carboxylic acids is 1. The topological polar surface area (TPSA) is 136 Å². The molecule has 1 saturated heterocycles. The highest BCUT2D eigenvalue weighted by atomic mass is 32.2. The van der Waals surface area contributed by atoms with E-state index in [4.69, 9.17) is 9.47 Å². The van der Waals surface area contributed by atoms with E-state index in [-0.39, 0.29) is 42.5 Å². The second kappa shape index (κ2) is 14.2. The Balaban J connectivity index is 1.41. The number of likely N-dealkylation sites (tertiary alicyclic amines) is 1. The number of aromatic nitrogens is 3. The minimum absolute atomic E-state index is 0.0876. The number of halogens is 4. The van der Waals surface area contributed by atoms with Crippen LogP contribution in [0.5, 0.6) is 11.6 Å². The summed E-state index contributed by atoms with van der Waals surface area (Å²) in [7, 11) is -4.33. The van der Waals surface area contributed by atoms with E-state index < -0.39 is 63.5 Å². The third-order valence-corrected chi connectivity index (χ3v) is 8.91. The van der Waals surface area contributed by atoms with Gasteiger partial charge in [0.05, 0.1) is 29.2 Å². The maximum atomic E-state index is 15.0. The summed E-state index contributed by atoms with van der Waals surface area (Å²) in [6.07, 6.45) is 0.281. The molecule has 0 radical (unpaired) electrons. The molecule has 2 aromatic heterocycles. The third-order valence-electron chi connectivity index (χ3n) is 7.65. The number of aryl methyl sites for hydroxylation is 1. The van der Waals surface area contributed by atoms with Gasteiger partial charge in [0.25, 0.3) is 0 Å². The zero-order valence-electron chi connectivity index (χ0n) is 28.1. The highest BCUT2D eigenvalue weighted by Crippen LogP contribution is 2.40. The number of nitrogens with zero attached hydrogens (tertiary/aromatic N) is 4. The van der Waals surface area contributed by atoms with Crippen molar-refractivity contribution in [3.63, 3.8) is 0 Å². The molecule has 1 aliphatic heterocycles. The van der Waals surface area contributed by atoms with Gasteiger partial charge in [-0.25, -0.2) is 45.7 Å². The Morgan fingerprint density at radius 1 is 1.02 bits per heavy atom. The summed E-state index contributed by atoms with van der Waals surface area (Å²) in [6.45, 7) is 7.64. The molecule has 0 spiro atoms. The fraction of sp³-hybridized carbons (Fsp3) is 0.412. The lowest BCUT2D eigenvalue weighted by molar-refractivity contribution is 0.0123. The van der Waals surface area contributed by atoms with Crippen LogP contribution in [0.4, 0.5) is 34.0 Å². The molecule has 0 aliphatic carbocycles. The van der Waals surface area contributed by atoms with E-state index in [1.807, 2.05) is 0 Å². The summed E-state index contributed by atoms with van der Waals surface area (Å²) in [5, 5.41) is 3.59. The van der Waals surface area contributed by atoms with Gasteiger partial charge in [-0.1, -0.05) is 12.1 Å². The number of alkyl halides is 3. The molecule has 2 atom stereocenters. The summed E-state index contributed by atoms with van der Waals surface area (Å²) in [6, 6.07) is 10.1. The molecule has 3 heterocycles. The molecule has 16 heteroatoms. The van der Waals surface area contributed by atoms with Crippen molar-refractivity contribution in [3.8, 4) is 22.9 Å². The minimum atomic E-state index is -4.33. The lowest BCUT2D eigenvalue weighted by Gasteiger charge is -2.36. The Morgan fingerprint density at radius 2 is 1.76 bits per heavy atom. The molecule has 1 amide bonds. The maximum absolute atomic E-state index is 15.0. The van der Waals surface area contributed by atoms with Crippen molar-refractivity contribution in [2.45, 2.75) is 71.2 Å². The highest BCUT2D eigenvalue weighted by Gasteiger charge is 2.33. The Labute approximate surface area is 287 Å². The number of sulfonamides is 1. The first-order valence-corrected chi connectivity index (χ1v) is 17.5. The van der Waals surface area contributed by atoms with E-state index in [1.54, 1.807) is 52.0 Å². The molecule has 4 aromatic rings. The summed E-state index contributed by atoms with van der Waals surface area (Å²) < 4.78 is 95.6. The highest BCUT2D eigenvalue weighted by molar-refractivity contribution is 7.92. The average molecular weight is 719 g/mol. The SMILES string of the molecule is Cc1ccc2c(NS(=O)(=O)CCC(C)(F)F)c(F)ccc2c1Oc1ncccc1-c1ccnc(N[C@@H]2C[C@@H](F)CN(C(=O)OC(C)(C)C)C2)n1. The zero-order chi connectivity index (χ0) is 36.4. The number of benzene rings is 2. The van der Waals surface area contributed by atoms with Gasteiger partial charge < -0.3 is 19.7 Å². The largest absolute Gasteiger partial charge is 0.444 e. The van der Waals surface area contributed by atoms with Crippen molar-refractivity contribution in [2.75, 3.05) is 28.9 Å². The normalized spacial score (nSPS) is 17.0. The number of hydrogen-bond donors (Lipinski definition) is 2. The molecule has 2 N–H and O–H groups in total. The predicted molar refractivity (Wildman–Crippen MR) is 181 cm³/mol. The first-order valence-electron chi connectivity index (χ1n) is 15.8. The summed E-state index contributed by atoms with van der Waals surface area (Å²) in [5.74, 6) is -4.50. The van der Waals surface area contributed by atoms with Gasteiger partial charge in [0.1, 0.15) is 23.3 Å². The predicted octanol–water partition coefficient (Wildman–Crippen LogP) is 7.48. The molecular formula is C34H38F4N6O5S. The molecule has 268 valence electrons. The lowest BCUT2D eigenvalue weighted by atomic mass is 10.0. The van der Waals surface area contributed by atoms with Crippen LogP contribution in [0.2, 0.25) is 0 Å². The van der Waals surface area contributed by atoms with Crippen LogP contribution in [0.15, 0.2) is 54.9 Å².